The average Bonchev–Trinajstić information content (AvgIpc) is 3.20. The van der Waals surface area contributed by atoms with Crippen LogP contribution < -0.4 is 16.0 Å². The lowest BCUT2D eigenvalue weighted by atomic mass is 10.1. The molecule has 3 N–H and O–H groups in total. The summed E-state index contributed by atoms with van der Waals surface area (Å²) in [5.74, 6) is 0.771. The summed E-state index contributed by atoms with van der Waals surface area (Å²) < 4.78 is 4.94. The lowest BCUT2D eigenvalue weighted by molar-refractivity contribution is -0.110. The van der Waals surface area contributed by atoms with E-state index in [1.165, 1.54) is 4.90 Å². The zero-order chi connectivity index (χ0) is 16.0. The minimum Gasteiger partial charge on any atom is -0.447 e. The molecule has 2 aromatic rings. The Hall–Kier alpha value is -2.90. The van der Waals surface area contributed by atoms with Crippen LogP contribution in [0.3, 0.4) is 0 Å². The molecule has 4 rings (SSSR count). The summed E-state index contributed by atoms with van der Waals surface area (Å²) in [4.78, 5) is 32.6. The number of nitrogens with two attached hydrogens (primary N) is 1. The van der Waals surface area contributed by atoms with Gasteiger partial charge >= 0.3 is 6.09 Å². The van der Waals surface area contributed by atoms with Crippen LogP contribution in [0.2, 0.25) is 0 Å². The predicted octanol–water partition coefficient (Wildman–Crippen LogP) is 0.904. The van der Waals surface area contributed by atoms with Crippen LogP contribution in [0.4, 0.5) is 16.4 Å². The fourth-order valence-corrected chi connectivity index (χ4v) is 2.87. The summed E-state index contributed by atoms with van der Waals surface area (Å²) in [7, 11) is 0. The smallest absolute Gasteiger partial charge is 0.415 e. The molecule has 118 valence electrons. The van der Waals surface area contributed by atoms with Crippen LogP contribution in [0.25, 0.3) is 10.8 Å². The Bertz CT molecular complexity index is 818. The number of hydrogen-bond donors (Lipinski definition) is 2. The van der Waals surface area contributed by atoms with E-state index < -0.39 is 6.09 Å². The SMILES string of the molecule is Nc1nc(N2CCOC2=O)cc2cc(C3(NC=O)CC3)ncc12. The van der Waals surface area contributed by atoms with Gasteiger partial charge in [-0.3, -0.25) is 14.7 Å². The number of ether oxygens (including phenoxy) is 1. The molecular formula is C15H15N5O3. The molecule has 23 heavy (non-hydrogen) atoms. The highest BCUT2D eigenvalue weighted by molar-refractivity contribution is 5.96. The molecule has 0 bridgehead atoms. The third-order valence-electron chi connectivity index (χ3n) is 4.34. The molecule has 1 saturated heterocycles. The molecule has 2 amide bonds. The molecular weight excluding hydrogens is 298 g/mol. The standard InChI is InChI=1S/C15H15N5O3/c16-13-10-7-17-11(15(1-2-15)18-8-21)5-9(10)6-12(19-13)20-3-4-23-14(20)22/h5-8H,1-4H2,(H2,16,19)(H,18,21). The van der Waals surface area contributed by atoms with E-state index in [1.807, 2.05) is 6.07 Å². The Morgan fingerprint density at radius 2 is 2.22 bits per heavy atom. The summed E-state index contributed by atoms with van der Waals surface area (Å²) in [5, 5.41) is 4.38. The lowest BCUT2D eigenvalue weighted by Crippen LogP contribution is -2.28. The second-order valence-corrected chi connectivity index (χ2v) is 5.77. The predicted molar refractivity (Wildman–Crippen MR) is 82.8 cm³/mol. The second-order valence-electron chi connectivity index (χ2n) is 5.77. The monoisotopic (exact) mass is 313 g/mol. The average molecular weight is 313 g/mol. The Morgan fingerprint density at radius 1 is 1.39 bits per heavy atom. The maximum Gasteiger partial charge on any atom is 0.415 e. The highest BCUT2D eigenvalue weighted by Crippen LogP contribution is 2.45. The van der Waals surface area contributed by atoms with Gasteiger partial charge in [-0.1, -0.05) is 0 Å². The molecule has 2 aliphatic rings. The summed E-state index contributed by atoms with van der Waals surface area (Å²) in [5.41, 5.74) is 6.42. The molecule has 0 unspecified atom stereocenters. The van der Waals surface area contributed by atoms with Gasteiger partial charge in [-0.2, -0.15) is 0 Å². The first-order valence-corrected chi connectivity index (χ1v) is 7.35. The van der Waals surface area contributed by atoms with Gasteiger partial charge in [0.15, 0.2) is 0 Å². The third-order valence-corrected chi connectivity index (χ3v) is 4.34. The van der Waals surface area contributed by atoms with E-state index in [0.717, 1.165) is 23.9 Å². The second kappa shape index (κ2) is 4.80. The number of nitrogens with one attached hydrogen (secondary N) is 1. The van der Waals surface area contributed by atoms with Crippen LogP contribution in [-0.2, 0) is 15.1 Å². The van der Waals surface area contributed by atoms with Gasteiger partial charge in [-0.15, -0.1) is 0 Å². The molecule has 1 saturated carbocycles. The topological polar surface area (TPSA) is 110 Å². The van der Waals surface area contributed by atoms with Crippen molar-refractivity contribution in [1.82, 2.24) is 15.3 Å². The first-order valence-electron chi connectivity index (χ1n) is 7.35. The number of amides is 2. The Labute approximate surface area is 131 Å². The minimum absolute atomic E-state index is 0.310. The van der Waals surface area contributed by atoms with Crippen LogP contribution in [0, 0.1) is 0 Å². The van der Waals surface area contributed by atoms with Gasteiger partial charge in [-0.25, -0.2) is 9.78 Å². The molecule has 2 fully saturated rings. The van der Waals surface area contributed by atoms with Gasteiger partial charge in [0.05, 0.1) is 17.8 Å². The van der Waals surface area contributed by atoms with Crippen molar-refractivity contribution in [2.75, 3.05) is 23.8 Å². The molecule has 8 nitrogen and oxygen atoms in total. The quantitative estimate of drug-likeness (QED) is 0.812. The van der Waals surface area contributed by atoms with E-state index in [1.54, 1.807) is 12.3 Å². The Balaban J connectivity index is 1.80. The fourth-order valence-electron chi connectivity index (χ4n) is 2.87. The van der Waals surface area contributed by atoms with Gasteiger partial charge in [0, 0.05) is 11.6 Å². The number of nitrogen functional groups attached to an aromatic ring is 1. The molecule has 0 radical (unpaired) electrons. The number of cyclic esters (lactones) is 1. The Kier molecular flexibility index (Phi) is 2.87. The normalized spacial score (nSPS) is 18.8. The van der Waals surface area contributed by atoms with Gasteiger partial charge in [0.1, 0.15) is 18.2 Å². The number of pyridine rings is 2. The number of fused-ring (bicyclic) bond motifs is 1. The van der Waals surface area contributed by atoms with E-state index in [9.17, 15) is 9.59 Å². The molecule has 1 aliphatic carbocycles. The van der Waals surface area contributed by atoms with Crippen LogP contribution in [0.1, 0.15) is 18.5 Å². The van der Waals surface area contributed by atoms with Crippen LogP contribution in [-0.4, -0.2) is 35.6 Å². The van der Waals surface area contributed by atoms with E-state index in [0.29, 0.717) is 36.6 Å². The van der Waals surface area contributed by atoms with Crippen molar-refractivity contribution < 1.29 is 14.3 Å². The maximum atomic E-state index is 11.7. The summed E-state index contributed by atoms with van der Waals surface area (Å²) >= 11 is 0. The Morgan fingerprint density at radius 3 is 2.87 bits per heavy atom. The van der Waals surface area contributed by atoms with Gasteiger partial charge in [-0.05, 0) is 30.4 Å². The van der Waals surface area contributed by atoms with E-state index in [4.69, 9.17) is 10.5 Å². The highest BCUT2D eigenvalue weighted by Gasteiger charge is 2.45. The third kappa shape index (κ3) is 2.14. The fraction of sp³-hybridized carbons (Fsp3) is 0.333. The molecule has 0 atom stereocenters. The van der Waals surface area contributed by atoms with Crippen molar-refractivity contribution in [3.63, 3.8) is 0 Å². The first kappa shape index (κ1) is 13.7. The summed E-state index contributed by atoms with van der Waals surface area (Å²) in [6, 6.07) is 3.68. The number of carbonyl (C=O) groups is 2. The first-order chi connectivity index (χ1) is 11.1. The lowest BCUT2D eigenvalue weighted by Gasteiger charge is -2.16. The van der Waals surface area contributed by atoms with Crippen molar-refractivity contribution in [2.24, 2.45) is 0 Å². The van der Waals surface area contributed by atoms with Gasteiger partial charge in [0.25, 0.3) is 0 Å². The maximum absolute atomic E-state index is 11.7. The van der Waals surface area contributed by atoms with Crippen LogP contribution >= 0.6 is 0 Å². The van der Waals surface area contributed by atoms with E-state index >= 15 is 0 Å². The number of nitrogens with zero attached hydrogens (tertiary/aromatic N) is 3. The van der Waals surface area contributed by atoms with Gasteiger partial charge < -0.3 is 15.8 Å². The van der Waals surface area contributed by atoms with Crippen LogP contribution in [0.5, 0.6) is 0 Å². The molecule has 8 heteroatoms. The van der Waals surface area contributed by atoms with Crippen molar-refractivity contribution >= 4 is 34.9 Å². The zero-order valence-corrected chi connectivity index (χ0v) is 12.3. The number of aromatic nitrogens is 2. The van der Waals surface area contributed by atoms with E-state index in [-0.39, 0.29) is 5.54 Å². The largest absolute Gasteiger partial charge is 0.447 e. The molecule has 1 aliphatic heterocycles. The van der Waals surface area contributed by atoms with Gasteiger partial charge in [0.2, 0.25) is 6.41 Å². The zero-order valence-electron chi connectivity index (χ0n) is 12.3. The van der Waals surface area contributed by atoms with E-state index in [2.05, 4.69) is 15.3 Å². The number of anilines is 2. The molecule has 0 aromatic carbocycles. The number of rotatable bonds is 4. The minimum atomic E-state index is -0.424. The number of hydrogen-bond acceptors (Lipinski definition) is 6. The summed E-state index contributed by atoms with van der Waals surface area (Å²) in [6.45, 7) is 0.789. The molecule has 3 heterocycles. The van der Waals surface area contributed by atoms with Crippen LogP contribution in [0.15, 0.2) is 18.3 Å². The highest BCUT2D eigenvalue weighted by atomic mass is 16.6. The van der Waals surface area contributed by atoms with Crippen molar-refractivity contribution in [2.45, 2.75) is 18.4 Å². The molecule has 2 aromatic heterocycles. The number of carbonyl (C=O) groups excluding carboxylic acids is 2. The summed E-state index contributed by atoms with van der Waals surface area (Å²) in [6.07, 6.45) is 3.65. The van der Waals surface area contributed by atoms with Crippen molar-refractivity contribution in [1.29, 1.82) is 0 Å². The molecule has 0 spiro atoms. The van der Waals surface area contributed by atoms with Crippen molar-refractivity contribution in [3.8, 4) is 0 Å². The van der Waals surface area contributed by atoms with Crippen molar-refractivity contribution in [3.05, 3.63) is 24.0 Å².